The fourth-order valence-corrected chi connectivity index (χ4v) is 3.55. The van der Waals surface area contributed by atoms with Gasteiger partial charge in [-0.3, -0.25) is 10.1 Å². The number of nitrogens with one attached hydrogen (secondary N) is 1. The monoisotopic (exact) mass is 358 g/mol. The molecule has 1 unspecified atom stereocenters. The summed E-state index contributed by atoms with van der Waals surface area (Å²) in [4.78, 5) is 22.3. The number of aromatic nitrogens is 2. The summed E-state index contributed by atoms with van der Waals surface area (Å²) in [5.74, 6) is -0.189. The van der Waals surface area contributed by atoms with Gasteiger partial charge in [0.05, 0.1) is 22.2 Å². The molecule has 138 valence electrons. The van der Waals surface area contributed by atoms with E-state index in [4.69, 9.17) is 0 Å². The number of nitrogens with zero attached hydrogens (tertiary/aromatic N) is 3. The van der Waals surface area contributed by atoms with Crippen LogP contribution in [0.3, 0.4) is 0 Å². The molecule has 0 amide bonds. The number of aliphatic carboxylic acids is 1. The van der Waals surface area contributed by atoms with Gasteiger partial charge in [-0.1, -0.05) is 13.8 Å². The van der Waals surface area contributed by atoms with Crippen LogP contribution in [-0.4, -0.2) is 25.8 Å². The largest absolute Gasteiger partial charge is 0.478 e. The number of hydrogen-bond acceptors (Lipinski definition) is 5. The Morgan fingerprint density at radius 3 is 2.77 bits per heavy atom. The molecule has 1 aromatic heterocycles. The number of rotatable bonds is 4. The van der Waals surface area contributed by atoms with Crippen LogP contribution in [0, 0.1) is 16.0 Å². The van der Waals surface area contributed by atoms with Crippen molar-refractivity contribution < 1.29 is 14.8 Å². The molecule has 0 radical (unpaired) electrons. The van der Waals surface area contributed by atoms with Crippen LogP contribution in [0.5, 0.6) is 0 Å². The van der Waals surface area contributed by atoms with Crippen LogP contribution in [0.1, 0.15) is 39.7 Å². The van der Waals surface area contributed by atoms with Gasteiger partial charge in [0.1, 0.15) is 5.82 Å². The zero-order chi connectivity index (χ0) is 19.2. The van der Waals surface area contributed by atoms with Crippen molar-refractivity contribution in [1.82, 2.24) is 9.78 Å². The van der Waals surface area contributed by atoms with E-state index in [0.717, 1.165) is 22.5 Å². The van der Waals surface area contributed by atoms with Crippen LogP contribution >= 0.6 is 0 Å². The number of carboxylic acids is 1. The highest BCUT2D eigenvalue weighted by Gasteiger charge is 2.40. The summed E-state index contributed by atoms with van der Waals surface area (Å²) in [6, 6.07) is 0. The van der Waals surface area contributed by atoms with E-state index in [-0.39, 0.29) is 22.1 Å². The van der Waals surface area contributed by atoms with E-state index in [1.54, 1.807) is 12.3 Å². The fourth-order valence-electron chi connectivity index (χ4n) is 3.55. The third-order valence-electron chi connectivity index (χ3n) is 5.31. The lowest BCUT2D eigenvalue weighted by atomic mass is 9.77. The van der Waals surface area contributed by atoms with E-state index in [0.29, 0.717) is 12.8 Å². The highest BCUT2D eigenvalue weighted by Crippen LogP contribution is 2.43. The molecule has 2 aliphatic rings. The van der Waals surface area contributed by atoms with E-state index in [1.165, 1.54) is 6.20 Å². The molecular weight excluding hydrogens is 336 g/mol. The summed E-state index contributed by atoms with van der Waals surface area (Å²) in [6.45, 7) is 7.78. The van der Waals surface area contributed by atoms with Crippen LogP contribution < -0.4 is 5.32 Å². The first-order valence-corrected chi connectivity index (χ1v) is 8.47. The Morgan fingerprint density at radius 2 is 2.19 bits per heavy atom. The molecule has 1 aliphatic heterocycles. The minimum atomic E-state index is -0.962. The van der Waals surface area contributed by atoms with Crippen molar-refractivity contribution in [2.24, 2.45) is 5.92 Å². The Kier molecular flexibility index (Phi) is 4.21. The quantitative estimate of drug-likeness (QED) is 0.632. The summed E-state index contributed by atoms with van der Waals surface area (Å²) in [6.07, 6.45) is 5.56. The van der Waals surface area contributed by atoms with Crippen LogP contribution in [0.2, 0.25) is 0 Å². The Morgan fingerprint density at radius 1 is 1.50 bits per heavy atom. The summed E-state index contributed by atoms with van der Waals surface area (Å²) >= 11 is 0. The van der Waals surface area contributed by atoms with Crippen molar-refractivity contribution in [3.63, 3.8) is 0 Å². The van der Waals surface area contributed by atoms with Crippen LogP contribution in [0.25, 0.3) is 0 Å². The maximum atomic E-state index is 11.4. The van der Waals surface area contributed by atoms with Gasteiger partial charge in [-0.2, -0.15) is 5.10 Å². The summed E-state index contributed by atoms with van der Waals surface area (Å²) in [5.41, 5.74) is 2.30. The molecule has 0 saturated carbocycles. The number of anilines is 1. The van der Waals surface area contributed by atoms with Gasteiger partial charge >= 0.3 is 5.97 Å². The molecule has 8 nitrogen and oxygen atoms in total. The third kappa shape index (κ3) is 2.71. The lowest BCUT2D eigenvalue weighted by Gasteiger charge is -2.37. The molecule has 2 N–H and O–H groups in total. The number of fused-ring (bicyclic) bond motifs is 1. The topological polar surface area (TPSA) is 110 Å². The summed E-state index contributed by atoms with van der Waals surface area (Å²) in [5, 5.41) is 28.2. The molecule has 0 bridgehead atoms. The number of allylic oxidation sites excluding steroid dienone is 3. The van der Waals surface area contributed by atoms with Crippen molar-refractivity contribution in [3.8, 4) is 0 Å². The Bertz CT molecular complexity index is 891. The van der Waals surface area contributed by atoms with Gasteiger partial charge in [-0.05, 0) is 25.3 Å². The first-order valence-electron chi connectivity index (χ1n) is 8.47. The minimum absolute atomic E-state index is 0.0388. The van der Waals surface area contributed by atoms with Gasteiger partial charge in [0.25, 0.3) is 5.70 Å². The molecule has 1 atom stereocenters. The van der Waals surface area contributed by atoms with E-state index in [1.807, 2.05) is 32.4 Å². The molecular formula is C18H22N4O4. The third-order valence-corrected chi connectivity index (χ3v) is 5.31. The standard InChI is InChI=1S/C18H22N4O4/c1-10(2)14-7-18(4,11(3)5-15(14)22(25)26)21-16-12(9-20-21)6-13(8-19-16)17(23)24/h5,8-10,19H,6-7H2,1-4H3,(H,23,24). The Balaban J connectivity index is 2.04. The number of hydrogen-bond donors (Lipinski definition) is 2. The highest BCUT2D eigenvalue weighted by molar-refractivity contribution is 5.88. The molecule has 3 rings (SSSR count). The van der Waals surface area contributed by atoms with Crippen molar-refractivity contribution >= 4 is 11.8 Å². The normalized spacial score (nSPS) is 22.5. The molecule has 0 aromatic carbocycles. The Labute approximate surface area is 151 Å². The molecule has 2 heterocycles. The van der Waals surface area contributed by atoms with Gasteiger partial charge < -0.3 is 10.4 Å². The van der Waals surface area contributed by atoms with Crippen molar-refractivity contribution in [2.75, 3.05) is 5.32 Å². The predicted molar refractivity (Wildman–Crippen MR) is 96.2 cm³/mol. The molecule has 1 aliphatic carbocycles. The zero-order valence-corrected chi connectivity index (χ0v) is 15.2. The average molecular weight is 358 g/mol. The molecule has 0 spiro atoms. The van der Waals surface area contributed by atoms with Gasteiger partial charge in [0.15, 0.2) is 0 Å². The van der Waals surface area contributed by atoms with Crippen LogP contribution in [-0.2, 0) is 16.8 Å². The van der Waals surface area contributed by atoms with E-state index < -0.39 is 11.5 Å². The van der Waals surface area contributed by atoms with Crippen molar-refractivity contribution in [3.05, 3.63) is 56.6 Å². The lowest BCUT2D eigenvalue weighted by Crippen LogP contribution is -2.37. The fraction of sp³-hybridized carbons (Fsp3) is 0.444. The van der Waals surface area contributed by atoms with Gasteiger partial charge in [0, 0.05) is 36.3 Å². The van der Waals surface area contributed by atoms with Crippen LogP contribution in [0.4, 0.5) is 5.82 Å². The van der Waals surface area contributed by atoms with E-state index in [2.05, 4.69) is 10.4 Å². The maximum absolute atomic E-state index is 11.4. The first kappa shape index (κ1) is 17.9. The predicted octanol–water partition coefficient (Wildman–Crippen LogP) is 3.07. The summed E-state index contributed by atoms with van der Waals surface area (Å²) < 4.78 is 1.82. The van der Waals surface area contributed by atoms with Crippen molar-refractivity contribution in [1.29, 1.82) is 0 Å². The highest BCUT2D eigenvalue weighted by atomic mass is 16.6. The minimum Gasteiger partial charge on any atom is -0.478 e. The molecule has 26 heavy (non-hydrogen) atoms. The Hall–Kier alpha value is -2.90. The maximum Gasteiger partial charge on any atom is 0.333 e. The summed E-state index contributed by atoms with van der Waals surface area (Å²) in [7, 11) is 0. The van der Waals surface area contributed by atoms with E-state index >= 15 is 0 Å². The second kappa shape index (κ2) is 6.12. The smallest absolute Gasteiger partial charge is 0.333 e. The SMILES string of the molecule is CC1=CC([N+](=O)[O-])=C(C(C)C)CC1(C)n1ncc2c1NC=C(C(=O)O)C2. The number of carboxylic acid groups (broad SMARTS) is 1. The number of carbonyl (C=O) groups is 1. The first-order chi connectivity index (χ1) is 12.1. The number of nitro groups is 1. The van der Waals surface area contributed by atoms with E-state index in [9.17, 15) is 20.0 Å². The van der Waals surface area contributed by atoms with Gasteiger partial charge in [-0.25, -0.2) is 9.48 Å². The molecule has 0 saturated heterocycles. The molecule has 0 fully saturated rings. The van der Waals surface area contributed by atoms with Gasteiger partial charge in [-0.15, -0.1) is 0 Å². The molecule has 8 heteroatoms. The molecule has 1 aromatic rings. The second-order valence-corrected chi connectivity index (χ2v) is 7.33. The van der Waals surface area contributed by atoms with Crippen molar-refractivity contribution in [2.45, 2.75) is 46.1 Å². The average Bonchev–Trinajstić information content (AvgIpc) is 3.00. The van der Waals surface area contributed by atoms with Crippen LogP contribution in [0.15, 0.2) is 40.9 Å². The van der Waals surface area contributed by atoms with Gasteiger partial charge in [0.2, 0.25) is 0 Å². The second-order valence-electron chi connectivity index (χ2n) is 7.33. The zero-order valence-electron chi connectivity index (χ0n) is 15.2. The lowest BCUT2D eigenvalue weighted by molar-refractivity contribution is -0.421.